The van der Waals surface area contributed by atoms with Gasteiger partial charge >= 0.3 is 0 Å². The molecule has 1 aromatic carbocycles. The average molecular weight is 447 g/mol. The topological polar surface area (TPSA) is 101 Å². The number of aliphatic hydroxyl groups excluding tert-OH is 1. The number of nitrogens with one attached hydrogen (secondary N) is 1. The van der Waals surface area contributed by atoms with Crippen LogP contribution in [0.4, 0.5) is 8.78 Å². The number of rotatable bonds is 5. The van der Waals surface area contributed by atoms with Crippen LogP contribution in [0, 0.1) is 11.6 Å². The van der Waals surface area contributed by atoms with E-state index in [2.05, 4.69) is 5.32 Å². The van der Waals surface area contributed by atoms with E-state index >= 15 is 0 Å². The average Bonchev–Trinajstić information content (AvgIpc) is 3.03. The molecule has 1 aromatic heterocycles. The third-order valence-electron chi connectivity index (χ3n) is 6.36. The van der Waals surface area contributed by atoms with Crippen LogP contribution < -0.4 is 15.5 Å². The van der Waals surface area contributed by atoms with Crippen molar-refractivity contribution in [1.29, 1.82) is 0 Å². The zero-order valence-corrected chi connectivity index (χ0v) is 17.9. The van der Waals surface area contributed by atoms with Crippen LogP contribution in [0.25, 0.3) is 0 Å². The van der Waals surface area contributed by atoms with E-state index in [-0.39, 0.29) is 41.2 Å². The molecule has 2 aliphatic heterocycles. The number of carbonyl (C=O) groups excluding carboxylic acids is 2. The van der Waals surface area contributed by atoms with Gasteiger partial charge in [-0.25, -0.2) is 8.78 Å². The van der Waals surface area contributed by atoms with E-state index in [0.29, 0.717) is 19.0 Å². The van der Waals surface area contributed by atoms with Gasteiger partial charge in [-0.3, -0.25) is 14.4 Å². The van der Waals surface area contributed by atoms with Gasteiger partial charge in [-0.05, 0) is 12.5 Å². The van der Waals surface area contributed by atoms with Gasteiger partial charge in [0.25, 0.3) is 11.8 Å². The summed E-state index contributed by atoms with van der Waals surface area (Å²) in [5, 5.41) is 13.3. The summed E-state index contributed by atoms with van der Waals surface area (Å²) in [6.45, 7) is 1.90. The molecule has 0 bridgehead atoms. The first-order valence-corrected chi connectivity index (χ1v) is 10.2. The molecule has 0 spiro atoms. The Balaban J connectivity index is 1.85. The van der Waals surface area contributed by atoms with E-state index in [1.807, 2.05) is 6.92 Å². The van der Waals surface area contributed by atoms with Crippen LogP contribution in [0.5, 0.6) is 5.75 Å². The summed E-state index contributed by atoms with van der Waals surface area (Å²) in [6, 6.07) is 2.94. The monoisotopic (exact) mass is 447 g/mol. The molecule has 32 heavy (non-hydrogen) atoms. The predicted molar refractivity (Wildman–Crippen MR) is 110 cm³/mol. The van der Waals surface area contributed by atoms with E-state index < -0.39 is 40.5 Å². The largest absolute Gasteiger partial charge is 0.491 e. The predicted octanol–water partition coefficient (Wildman–Crippen LogP) is 1.69. The lowest BCUT2D eigenvalue weighted by atomic mass is 9.89. The zero-order valence-electron chi connectivity index (χ0n) is 17.9. The maximum absolute atomic E-state index is 14.0. The Morgan fingerprint density at radius 2 is 2.06 bits per heavy atom. The van der Waals surface area contributed by atoms with Gasteiger partial charge in [0.05, 0.1) is 24.4 Å². The van der Waals surface area contributed by atoms with Crippen molar-refractivity contribution in [3.05, 3.63) is 62.6 Å². The minimum absolute atomic E-state index is 0.000721. The molecular formula is C22H23F2N3O5. The highest BCUT2D eigenvalue weighted by molar-refractivity contribution is 6.00. The molecule has 8 nitrogen and oxygen atoms in total. The van der Waals surface area contributed by atoms with E-state index in [0.717, 1.165) is 6.07 Å². The van der Waals surface area contributed by atoms with E-state index in [1.165, 1.54) is 18.1 Å². The van der Waals surface area contributed by atoms with Crippen molar-refractivity contribution in [2.24, 2.45) is 0 Å². The van der Waals surface area contributed by atoms with Crippen LogP contribution in [0.2, 0.25) is 0 Å². The molecule has 0 radical (unpaired) electrons. The normalized spacial score (nSPS) is 21.5. The first-order chi connectivity index (χ1) is 15.1. The molecule has 2 aromatic rings. The highest BCUT2D eigenvalue weighted by atomic mass is 19.1. The van der Waals surface area contributed by atoms with Gasteiger partial charge in [0.2, 0.25) is 5.43 Å². The summed E-state index contributed by atoms with van der Waals surface area (Å²) in [5.74, 6) is -3.17. The Bertz CT molecular complexity index is 1200. The number of methoxy groups -OCH3 is 1. The van der Waals surface area contributed by atoms with Gasteiger partial charge in [-0.1, -0.05) is 13.0 Å². The van der Waals surface area contributed by atoms with Gasteiger partial charge in [0, 0.05) is 38.2 Å². The van der Waals surface area contributed by atoms with E-state index in [4.69, 9.17) is 4.74 Å². The molecule has 2 amide bonds. The summed E-state index contributed by atoms with van der Waals surface area (Å²) in [5.41, 5.74) is -1.81. The molecular weight excluding hydrogens is 424 g/mol. The number of likely N-dealkylation sites (N-methyl/N-ethyl adjacent to an activating group) is 1. The molecule has 2 atom stereocenters. The van der Waals surface area contributed by atoms with E-state index in [9.17, 15) is 28.3 Å². The van der Waals surface area contributed by atoms with Crippen molar-refractivity contribution in [3.8, 4) is 5.75 Å². The fourth-order valence-corrected chi connectivity index (χ4v) is 4.80. The molecule has 4 rings (SSSR count). The Kier molecular flexibility index (Phi) is 5.28. The zero-order chi connectivity index (χ0) is 23.4. The van der Waals surface area contributed by atoms with Crippen molar-refractivity contribution >= 4 is 11.8 Å². The van der Waals surface area contributed by atoms with Gasteiger partial charge in [0.1, 0.15) is 17.2 Å². The number of aliphatic hydroxyl groups is 1. The molecule has 2 aliphatic rings. The second-order valence-corrected chi connectivity index (χ2v) is 8.18. The fourth-order valence-electron chi connectivity index (χ4n) is 4.80. The molecule has 0 fully saturated rings. The number of amides is 2. The molecule has 0 saturated heterocycles. The molecule has 2 N–H and O–H groups in total. The van der Waals surface area contributed by atoms with Crippen molar-refractivity contribution in [2.75, 3.05) is 20.7 Å². The SMILES string of the molecule is CCC12CC(O)c3c(C(=O)NCc4ccc(F)cc4F)c(=O)c(OC)c(n31)C(=O)N(C)C2. The highest BCUT2D eigenvalue weighted by Crippen LogP contribution is 2.47. The summed E-state index contributed by atoms with van der Waals surface area (Å²) < 4.78 is 33.9. The first kappa shape index (κ1) is 21.9. The van der Waals surface area contributed by atoms with Gasteiger partial charge in [-0.15, -0.1) is 0 Å². The first-order valence-electron chi connectivity index (χ1n) is 10.2. The Labute approximate surface area is 182 Å². The van der Waals surface area contributed by atoms with Crippen LogP contribution in [-0.2, 0) is 12.1 Å². The molecule has 2 unspecified atom stereocenters. The van der Waals surface area contributed by atoms with Crippen LogP contribution in [0.3, 0.4) is 0 Å². The van der Waals surface area contributed by atoms with Crippen LogP contribution in [0.1, 0.15) is 58.0 Å². The number of ether oxygens (including phenoxy) is 1. The number of carbonyl (C=O) groups is 2. The molecule has 0 aliphatic carbocycles. The van der Waals surface area contributed by atoms with E-state index in [1.54, 1.807) is 11.6 Å². The summed E-state index contributed by atoms with van der Waals surface area (Å²) in [4.78, 5) is 40.7. The molecule has 10 heteroatoms. The highest BCUT2D eigenvalue weighted by Gasteiger charge is 2.52. The van der Waals surface area contributed by atoms with Crippen molar-refractivity contribution in [3.63, 3.8) is 0 Å². The summed E-state index contributed by atoms with van der Waals surface area (Å²) >= 11 is 0. The van der Waals surface area contributed by atoms with Crippen molar-refractivity contribution < 1.29 is 28.2 Å². The lowest BCUT2D eigenvalue weighted by Gasteiger charge is -2.41. The number of aromatic nitrogens is 1. The third-order valence-corrected chi connectivity index (χ3v) is 6.36. The smallest absolute Gasteiger partial charge is 0.274 e. The molecule has 170 valence electrons. The lowest BCUT2D eigenvalue weighted by Crippen LogP contribution is -2.52. The second-order valence-electron chi connectivity index (χ2n) is 8.18. The van der Waals surface area contributed by atoms with Gasteiger partial charge in [-0.2, -0.15) is 0 Å². The standard InChI is InChI=1S/C22H23F2N3O5/c1-4-22-8-14(28)16-15(20(30)25-9-11-5-6-12(23)7-13(11)24)18(29)19(32-3)17(27(16)22)21(31)26(2)10-22/h5-7,14,28H,4,8-10H2,1-3H3,(H,25,30). The number of hydrogen-bond acceptors (Lipinski definition) is 5. The Hall–Kier alpha value is -3.27. The van der Waals surface area contributed by atoms with Gasteiger partial charge in [0.15, 0.2) is 11.4 Å². The third kappa shape index (κ3) is 3.09. The van der Waals surface area contributed by atoms with Crippen LogP contribution in [0.15, 0.2) is 23.0 Å². The number of benzene rings is 1. The summed E-state index contributed by atoms with van der Waals surface area (Å²) in [6.07, 6.45) is -0.404. The van der Waals surface area contributed by atoms with Gasteiger partial charge < -0.3 is 24.6 Å². The molecule has 0 saturated carbocycles. The Morgan fingerprint density at radius 3 is 2.69 bits per heavy atom. The number of hydrogen-bond donors (Lipinski definition) is 2. The molecule has 3 heterocycles. The van der Waals surface area contributed by atoms with Crippen molar-refractivity contribution in [2.45, 2.75) is 38.0 Å². The number of pyridine rings is 1. The van der Waals surface area contributed by atoms with Crippen LogP contribution >= 0.6 is 0 Å². The minimum atomic E-state index is -1.16. The maximum Gasteiger partial charge on any atom is 0.274 e. The van der Waals surface area contributed by atoms with Crippen molar-refractivity contribution in [1.82, 2.24) is 14.8 Å². The quantitative estimate of drug-likeness (QED) is 0.727. The van der Waals surface area contributed by atoms with Crippen LogP contribution in [-0.4, -0.2) is 47.1 Å². The maximum atomic E-state index is 14.0. The lowest BCUT2D eigenvalue weighted by molar-refractivity contribution is 0.0567. The Morgan fingerprint density at radius 1 is 1.34 bits per heavy atom. The number of halogens is 2. The minimum Gasteiger partial charge on any atom is -0.491 e. The fraction of sp³-hybridized carbons (Fsp3) is 0.409. The second kappa shape index (κ2) is 7.70. The number of nitrogens with zero attached hydrogens (tertiary/aromatic N) is 2. The summed E-state index contributed by atoms with van der Waals surface area (Å²) in [7, 11) is 2.84.